The largest absolute Gasteiger partial charge is 0.480 e. The topological polar surface area (TPSA) is 72.9 Å². The molecule has 0 aromatic heterocycles. The summed E-state index contributed by atoms with van der Waals surface area (Å²) < 4.78 is 0. The van der Waals surface area contributed by atoms with Crippen molar-refractivity contribution in [3.05, 3.63) is 0 Å². The standard InChI is InChI=1S/C13H23N3O3/c1-3-11(12(17)18)15(2)13(19)14-10-8-16-6-4-9(10)5-7-16/h9-11H,3-8H2,1-2H3,(H,14,19)(H,17,18). The van der Waals surface area contributed by atoms with Gasteiger partial charge in [-0.3, -0.25) is 0 Å². The van der Waals surface area contributed by atoms with Crippen LogP contribution in [0, 0.1) is 5.92 Å². The maximum absolute atomic E-state index is 12.1. The van der Waals surface area contributed by atoms with Crippen LogP contribution in [-0.2, 0) is 4.79 Å². The number of carboxylic acids is 1. The van der Waals surface area contributed by atoms with Crippen LogP contribution < -0.4 is 5.32 Å². The van der Waals surface area contributed by atoms with E-state index in [9.17, 15) is 9.59 Å². The van der Waals surface area contributed by atoms with Crippen molar-refractivity contribution < 1.29 is 14.7 Å². The van der Waals surface area contributed by atoms with Crippen LogP contribution in [-0.4, -0.2) is 65.7 Å². The molecule has 3 saturated heterocycles. The summed E-state index contributed by atoms with van der Waals surface area (Å²) in [5, 5.41) is 12.1. The zero-order valence-corrected chi connectivity index (χ0v) is 11.6. The average Bonchev–Trinajstić information content (AvgIpc) is 2.40. The average molecular weight is 269 g/mol. The lowest BCUT2D eigenvalue weighted by atomic mass is 9.84. The van der Waals surface area contributed by atoms with Gasteiger partial charge in [-0.05, 0) is 38.3 Å². The van der Waals surface area contributed by atoms with Gasteiger partial charge in [0.15, 0.2) is 0 Å². The second-order valence-corrected chi connectivity index (χ2v) is 5.57. The molecule has 2 atom stereocenters. The van der Waals surface area contributed by atoms with Crippen molar-refractivity contribution >= 4 is 12.0 Å². The Labute approximate surface area is 113 Å². The van der Waals surface area contributed by atoms with Gasteiger partial charge < -0.3 is 20.2 Å². The number of piperidine rings is 3. The second-order valence-electron chi connectivity index (χ2n) is 5.57. The van der Waals surface area contributed by atoms with E-state index < -0.39 is 12.0 Å². The third-order valence-electron chi connectivity index (χ3n) is 4.42. The minimum Gasteiger partial charge on any atom is -0.480 e. The zero-order valence-electron chi connectivity index (χ0n) is 11.6. The number of carboxylic acid groups (broad SMARTS) is 1. The lowest BCUT2D eigenvalue weighted by Crippen LogP contribution is -2.60. The van der Waals surface area contributed by atoms with E-state index in [1.54, 1.807) is 14.0 Å². The summed E-state index contributed by atoms with van der Waals surface area (Å²) in [6, 6.07) is -0.849. The first kappa shape index (κ1) is 14.1. The number of hydrogen-bond donors (Lipinski definition) is 2. The Morgan fingerprint density at radius 1 is 1.42 bits per heavy atom. The highest BCUT2D eigenvalue weighted by molar-refractivity contribution is 5.82. The maximum Gasteiger partial charge on any atom is 0.326 e. The highest BCUT2D eigenvalue weighted by atomic mass is 16.4. The maximum atomic E-state index is 12.1. The third kappa shape index (κ3) is 3.00. The molecule has 2 bridgehead atoms. The Hall–Kier alpha value is -1.30. The van der Waals surface area contributed by atoms with Crippen LogP contribution in [0.25, 0.3) is 0 Å². The van der Waals surface area contributed by atoms with Gasteiger partial charge in [0.05, 0.1) is 0 Å². The molecule has 0 aliphatic carbocycles. The summed E-state index contributed by atoms with van der Waals surface area (Å²) >= 11 is 0. The molecule has 2 N–H and O–H groups in total. The van der Waals surface area contributed by atoms with Gasteiger partial charge in [-0.15, -0.1) is 0 Å². The molecule has 6 heteroatoms. The van der Waals surface area contributed by atoms with E-state index in [2.05, 4.69) is 10.2 Å². The number of fused-ring (bicyclic) bond motifs is 3. The molecule has 3 rings (SSSR count). The minimum absolute atomic E-state index is 0.170. The monoisotopic (exact) mass is 269 g/mol. The van der Waals surface area contributed by atoms with Gasteiger partial charge in [0.1, 0.15) is 6.04 Å². The number of rotatable bonds is 4. The van der Waals surface area contributed by atoms with Crippen molar-refractivity contribution in [1.82, 2.24) is 15.1 Å². The van der Waals surface area contributed by atoms with Crippen LogP contribution >= 0.6 is 0 Å². The van der Waals surface area contributed by atoms with Gasteiger partial charge in [-0.2, -0.15) is 0 Å². The molecule has 0 aromatic rings. The molecular formula is C13H23N3O3. The molecular weight excluding hydrogens is 246 g/mol. The summed E-state index contributed by atoms with van der Waals surface area (Å²) in [4.78, 5) is 26.9. The summed E-state index contributed by atoms with van der Waals surface area (Å²) in [5.74, 6) is -0.402. The number of likely N-dealkylation sites (N-methyl/N-ethyl adjacent to an activating group) is 1. The predicted molar refractivity (Wildman–Crippen MR) is 71.0 cm³/mol. The van der Waals surface area contributed by atoms with Crippen LogP contribution in [0.15, 0.2) is 0 Å². The Kier molecular flexibility index (Phi) is 4.29. The van der Waals surface area contributed by atoms with Gasteiger partial charge in [0.2, 0.25) is 0 Å². The Balaban J connectivity index is 1.91. The molecule has 6 nitrogen and oxygen atoms in total. The number of carbonyl (C=O) groups is 2. The SMILES string of the molecule is CCC(C(=O)O)N(C)C(=O)NC1CN2CCC1CC2. The molecule has 3 fully saturated rings. The molecule has 2 unspecified atom stereocenters. The lowest BCUT2D eigenvalue weighted by molar-refractivity contribution is -0.141. The fourth-order valence-electron chi connectivity index (χ4n) is 3.14. The highest BCUT2D eigenvalue weighted by Crippen LogP contribution is 2.27. The van der Waals surface area contributed by atoms with E-state index in [4.69, 9.17) is 5.11 Å². The van der Waals surface area contributed by atoms with Crippen molar-refractivity contribution in [2.75, 3.05) is 26.7 Å². The molecule has 0 spiro atoms. The van der Waals surface area contributed by atoms with Crippen LogP contribution in [0.3, 0.4) is 0 Å². The van der Waals surface area contributed by atoms with Crippen molar-refractivity contribution in [1.29, 1.82) is 0 Å². The molecule has 0 radical (unpaired) electrons. The van der Waals surface area contributed by atoms with E-state index in [0.717, 1.165) is 32.5 Å². The number of urea groups is 1. The van der Waals surface area contributed by atoms with E-state index in [1.807, 2.05) is 0 Å². The lowest BCUT2D eigenvalue weighted by Gasteiger charge is -2.45. The fraction of sp³-hybridized carbons (Fsp3) is 0.846. The molecule has 19 heavy (non-hydrogen) atoms. The second kappa shape index (κ2) is 5.77. The van der Waals surface area contributed by atoms with Crippen LogP contribution in [0.4, 0.5) is 4.79 Å². The third-order valence-corrected chi connectivity index (χ3v) is 4.42. The summed E-state index contributed by atoms with van der Waals surface area (Å²) in [5.41, 5.74) is 0. The molecule has 0 aromatic carbocycles. The van der Waals surface area contributed by atoms with E-state index >= 15 is 0 Å². The van der Waals surface area contributed by atoms with Crippen molar-refractivity contribution in [3.8, 4) is 0 Å². The first-order valence-electron chi connectivity index (χ1n) is 7.01. The number of amides is 2. The first-order valence-corrected chi connectivity index (χ1v) is 7.01. The summed E-state index contributed by atoms with van der Waals surface area (Å²) in [6.07, 6.45) is 2.68. The number of aliphatic carboxylic acids is 1. The number of carbonyl (C=O) groups excluding carboxylic acids is 1. The normalized spacial score (nSPS) is 30.7. The molecule has 3 aliphatic heterocycles. The van der Waals surface area contributed by atoms with Crippen molar-refractivity contribution in [2.45, 2.75) is 38.3 Å². The Morgan fingerprint density at radius 3 is 2.47 bits per heavy atom. The van der Waals surface area contributed by atoms with E-state index in [0.29, 0.717) is 12.3 Å². The summed E-state index contributed by atoms with van der Waals surface area (Å²) in [6.45, 7) is 4.92. The number of nitrogens with zero attached hydrogens (tertiary/aromatic N) is 2. The van der Waals surface area contributed by atoms with Crippen LogP contribution in [0.2, 0.25) is 0 Å². The van der Waals surface area contributed by atoms with Gasteiger partial charge in [0.25, 0.3) is 0 Å². The van der Waals surface area contributed by atoms with E-state index in [1.165, 1.54) is 4.90 Å². The van der Waals surface area contributed by atoms with Crippen molar-refractivity contribution in [3.63, 3.8) is 0 Å². The Bertz CT molecular complexity index is 353. The zero-order chi connectivity index (χ0) is 14.0. The minimum atomic E-state index is -0.950. The van der Waals surface area contributed by atoms with Crippen LogP contribution in [0.5, 0.6) is 0 Å². The molecule has 108 valence electrons. The number of hydrogen-bond acceptors (Lipinski definition) is 3. The quantitative estimate of drug-likeness (QED) is 0.783. The fourth-order valence-corrected chi connectivity index (χ4v) is 3.14. The van der Waals surface area contributed by atoms with Gasteiger partial charge in [-0.1, -0.05) is 6.92 Å². The first-order chi connectivity index (χ1) is 9.02. The molecule has 3 aliphatic rings. The molecule has 0 saturated carbocycles. The predicted octanol–water partition coefficient (Wildman–Crippen LogP) is 0.585. The van der Waals surface area contributed by atoms with E-state index in [-0.39, 0.29) is 12.1 Å². The smallest absolute Gasteiger partial charge is 0.326 e. The van der Waals surface area contributed by atoms with Crippen LogP contribution in [0.1, 0.15) is 26.2 Å². The van der Waals surface area contributed by atoms with Crippen molar-refractivity contribution in [2.24, 2.45) is 5.92 Å². The van der Waals surface area contributed by atoms with Gasteiger partial charge in [-0.25, -0.2) is 9.59 Å². The molecule has 2 amide bonds. The number of nitrogens with one attached hydrogen (secondary N) is 1. The summed E-state index contributed by atoms with van der Waals surface area (Å²) in [7, 11) is 1.55. The highest BCUT2D eigenvalue weighted by Gasteiger charge is 2.36. The molecule has 3 heterocycles. The van der Waals surface area contributed by atoms with Gasteiger partial charge in [0, 0.05) is 19.6 Å². The van der Waals surface area contributed by atoms with Gasteiger partial charge >= 0.3 is 12.0 Å². The Morgan fingerprint density at radius 2 is 2.05 bits per heavy atom.